The number of carbonyl (C=O) groups excluding carboxylic acids is 1. The molecule has 0 spiro atoms. The molecule has 0 bridgehead atoms. The first-order valence-corrected chi connectivity index (χ1v) is 5.26. The van der Waals surface area contributed by atoms with Crippen LogP contribution in [0.1, 0.15) is 57.8 Å². The van der Waals surface area contributed by atoms with E-state index in [0.717, 1.165) is 25.7 Å². The maximum atomic E-state index is 10.1. The van der Waals surface area contributed by atoms with Gasteiger partial charge in [-0.1, -0.05) is 51.9 Å². The minimum Gasteiger partial charge on any atom is -0.247 e. The van der Waals surface area contributed by atoms with Crippen LogP contribution in [0.2, 0.25) is 0 Å². The quantitative estimate of drug-likeness (QED) is 0.506. The fraction of sp³-hybridized carbons (Fsp3) is 0.818. The third kappa shape index (κ3) is 11.5. The molecule has 13 heavy (non-hydrogen) atoms. The zero-order chi connectivity index (χ0) is 9.94. The molecule has 0 saturated carbocycles. The number of hydrogen-bond acceptors (Lipinski definition) is 1. The molecule has 76 valence electrons. The summed E-state index contributed by atoms with van der Waals surface area (Å²) in [7, 11) is 0. The first kappa shape index (κ1) is 12.5. The molecule has 0 saturated heterocycles. The Labute approximate surface area is 81.3 Å². The van der Waals surface area contributed by atoms with E-state index in [1.165, 1.54) is 25.7 Å². The first-order valence-electron chi connectivity index (χ1n) is 5.26. The van der Waals surface area contributed by atoms with Crippen LogP contribution in [0.5, 0.6) is 0 Å². The lowest BCUT2D eigenvalue weighted by Crippen LogP contribution is -1.91. The molecule has 2 radical (unpaired) electrons. The molecule has 0 aromatic rings. The molecule has 0 aliphatic heterocycles. The second-order valence-corrected chi connectivity index (χ2v) is 3.45. The Kier molecular flexibility index (Phi) is 9.17. The summed E-state index contributed by atoms with van der Waals surface area (Å²) in [5.74, 6) is -0.919. The summed E-state index contributed by atoms with van der Waals surface area (Å²) >= 11 is 0. The lowest BCUT2D eigenvalue weighted by molar-refractivity contribution is -0.143. The summed E-state index contributed by atoms with van der Waals surface area (Å²) in [6.45, 7) is 3.78. The molecule has 0 aromatic heterocycles. The first-order chi connectivity index (χ1) is 6.27. The molecule has 0 rings (SSSR count). The fourth-order valence-electron chi connectivity index (χ4n) is 1.33. The van der Waals surface area contributed by atoms with E-state index in [-0.39, 0.29) is 6.42 Å². The van der Waals surface area contributed by atoms with Gasteiger partial charge in [0, 0.05) is 0 Å². The number of carbonyl (C=O) groups is 1. The molecule has 0 atom stereocenters. The van der Waals surface area contributed by atoms with Gasteiger partial charge in [0.2, 0.25) is 0 Å². The number of rotatable bonds is 9. The van der Waals surface area contributed by atoms with E-state index in [1.807, 2.05) is 0 Å². The van der Waals surface area contributed by atoms with Crippen LogP contribution in [0.3, 0.4) is 0 Å². The van der Waals surface area contributed by atoms with E-state index in [2.05, 4.69) is 6.92 Å². The topological polar surface area (TPSA) is 37.0 Å². The minimum atomic E-state index is -0.919. The van der Waals surface area contributed by atoms with Crippen molar-refractivity contribution in [1.29, 1.82) is 0 Å². The smallest absolute Gasteiger partial charge is 0.247 e. The van der Waals surface area contributed by atoms with Gasteiger partial charge in [-0.2, -0.15) is 0 Å². The third-order valence-electron chi connectivity index (χ3n) is 2.13. The van der Waals surface area contributed by atoms with Gasteiger partial charge in [-0.05, 0) is 6.42 Å². The van der Waals surface area contributed by atoms with E-state index in [0.29, 0.717) is 0 Å². The summed E-state index contributed by atoms with van der Waals surface area (Å²) in [5, 5.41) is 10.1. The van der Waals surface area contributed by atoms with Crippen LogP contribution in [0.15, 0.2) is 0 Å². The highest BCUT2D eigenvalue weighted by Crippen LogP contribution is 2.09. The Morgan fingerprint density at radius 1 is 0.846 bits per heavy atom. The Balaban J connectivity index is 2.87. The average molecular weight is 184 g/mol. The van der Waals surface area contributed by atoms with Crippen LogP contribution < -0.4 is 0 Å². The monoisotopic (exact) mass is 184 g/mol. The van der Waals surface area contributed by atoms with Crippen molar-refractivity contribution >= 4 is 5.97 Å². The van der Waals surface area contributed by atoms with Crippen molar-refractivity contribution in [3.8, 4) is 0 Å². The fourth-order valence-corrected chi connectivity index (χ4v) is 1.33. The van der Waals surface area contributed by atoms with Crippen molar-refractivity contribution < 1.29 is 9.90 Å². The molecule has 0 aliphatic rings. The summed E-state index contributed by atoms with van der Waals surface area (Å²) in [5.41, 5.74) is 0. The SMILES string of the molecule is [CH2]CCCCCCCCCC([O])=O. The van der Waals surface area contributed by atoms with Crippen molar-refractivity contribution in [3.05, 3.63) is 6.92 Å². The molecular weight excluding hydrogens is 164 g/mol. The maximum absolute atomic E-state index is 10.1. The predicted octanol–water partition coefficient (Wildman–Crippen LogP) is 3.29. The Morgan fingerprint density at radius 2 is 1.31 bits per heavy atom. The van der Waals surface area contributed by atoms with Gasteiger partial charge in [0.05, 0.1) is 6.42 Å². The maximum Gasteiger partial charge on any atom is 0.355 e. The molecule has 0 aromatic carbocycles. The molecule has 0 heterocycles. The number of unbranched alkanes of at least 4 members (excludes halogenated alkanes) is 7. The van der Waals surface area contributed by atoms with Crippen LogP contribution in [-0.4, -0.2) is 5.97 Å². The van der Waals surface area contributed by atoms with Gasteiger partial charge in [0.25, 0.3) is 0 Å². The summed E-state index contributed by atoms with van der Waals surface area (Å²) < 4.78 is 0. The van der Waals surface area contributed by atoms with E-state index >= 15 is 0 Å². The van der Waals surface area contributed by atoms with E-state index in [1.54, 1.807) is 0 Å². The van der Waals surface area contributed by atoms with Crippen molar-refractivity contribution in [2.24, 2.45) is 0 Å². The molecule has 0 aliphatic carbocycles. The summed E-state index contributed by atoms with van der Waals surface area (Å²) in [4.78, 5) is 10.1. The minimum absolute atomic E-state index is 0.221. The molecule has 0 amide bonds. The number of hydrogen-bond donors (Lipinski definition) is 0. The van der Waals surface area contributed by atoms with Gasteiger partial charge < -0.3 is 0 Å². The predicted molar refractivity (Wildman–Crippen MR) is 52.6 cm³/mol. The van der Waals surface area contributed by atoms with E-state index in [4.69, 9.17) is 0 Å². The molecule has 2 nitrogen and oxygen atoms in total. The highest BCUT2D eigenvalue weighted by atomic mass is 16.4. The summed E-state index contributed by atoms with van der Waals surface area (Å²) in [6, 6.07) is 0. The summed E-state index contributed by atoms with van der Waals surface area (Å²) in [6.07, 6.45) is 9.20. The van der Waals surface area contributed by atoms with Crippen molar-refractivity contribution in [1.82, 2.24) is 0 Å². The second-order valence-electron chi connectivity index (χ2n) is 3.45. The van der Waals surface area contributed by atoms with Gasteiger partial charge in [-0.3, -0.25) is 0 Å². The molecule has 0 N–H and O–H groups in total. The van der Waals surface area contributed by atoms with Crippen molar-refractivity contribution in [2.75, 3.05) is 0 Å². The highest BCUT2D eigenvalue weighted by Gasteiger charge is 1.98. The molecule has 0 fully saturated rings. The standard InChI is InChI=1S/C11H20O2/c1-2-3-4-5-6-7-8-9-10-11(12)13/h1-10H2. The third-order valence-corrected chi connectivity index (χ3v) is 2.13. The zero-order valence-corrected chi connectivity index (χ0v) is 8.39. The lowest BCUT2D eigenvalue weighted by atomic mass is 10.1. The van der Waals surface area contributed by atoms with Crippen LogP contribution in [0, 0.1) is 6.92 Å². The van der Waals surface area contributed by atoms with Crippen LogP contribution >= 0.6 is 0 Å². The van der Waals surface area contributed by atoms with Crippen molar-refractivity contribution in [2.45, 2.75) is 57.8 Å². The Bertz CT molecular complexity index is 121. The van der Waals surface area contributed by atoms with Crippen LogP contribution in [0.4, 0.5) is 0 Å². The average Bonchev–Trinajstić information content (AvgIpc) is 2.09. The Morgan fingerprint density at radius 3 is 1.77 bits per heavy atom. The van der Waals surface area contributed by atoms with Gasteiger partial charge >= 0.3 is 5.97 Å². The highest BCUT2D eigenvalue weighted by molar-refractivity contribution is 5.66. The van der Waals surface area contributed by atoms with E-state index < -0.39 is 5.97 Å². The van der Waals surface area contributed by atoms with Crippen LogP contribution in [0.25, 0.3) is 0 Å². The Hall–Kier alpha value is -0.530. The molecule has 0 unspecified atom stereocenters. The molecule has 2 heteroatoms. The largest absolute Gasteiger partial charge is 0.355 e. The van der Waals surface area contributed by atoms with Crippen molar-refractivity contribution in [3.63, 3.8) is 0 Å². The second kappa shape index (κ2) is 9.56. The van der Waals surface area contributed by atoms with E-state index in [9.17, 15) is 9.90 Å². The van der Waals surface area contributed by atoms with Crippen LogP contribution in [-0.2, 0) is 9.90 Å². The van der Waals surface area contributed by atoms with Gasteiger partial charge in [0.15, 0.2) is 0 Å². The normalized spacial score (nSPS) is 10.2. The van der Waals surface area contributed by atoms with Gasteiger partial charge in [-0.15, -0.1) is 0 Å². The molecular formula is C11H20O2. The van der Waals surface area contributed by atoms with Gasteiger partial charge in [-0.25, -0.2) is 9.90 Å². The van der Waals surface area contributed by atoms with Gasteiger partial charge in [0.1, 0.15) is 0 Å². The zero-order valence-electron chi connectivity index (χ0n) is 8.39. The lowest BCUT2D eigenvalue weighted by Gasteiger charge is -1.99.